The molecule has 18 heavy (non-hydrogen) atoms. The van der Waals surface area contributed by atoms with Gasteiger partial charge >= 0.3 is 0 Å². The van der Waals surface area contributed by atoms with Crippen molar-refractivity contribution in [2.24, 2.45) is 5.73 Å². The first-order valence-electron chi connectivity index (χ1n) is 6.28. The molecule has 0 bridgehead atoms. The topological polar surface area (TPSA) is 78.2 Å². The molecular weight excluding hydrogens is 230 g/mol. The number of hydrogen-bond acceptors (Lipinski definition) is 5. The molecule has 0 atom stereocenters. The average molecular weight is 251 g/mol. The van der Waals surface area contributed by atoms with Gasteiger partial charge in [-0.1, -0.05) is 0 Å². The maximum absolute atomic E-state index is 11.3. The number of H-pyrrole nitrogens is 1. The Morgan fingerprint density at radius 3 is 2.61 bits per heavy atom. The van der Waals surface area contributed by atoms with E-state index in [2.05, 4.69) is 33.6 Å². The number of nitrogens with one attached hydrogen (secondary N) is 1. The van der Waals surface area contributed by atoms with Crippen molar-refractivity contribution in [3.63, 3.8) is 0 Å². The zero-order valence-electron chi connectivity index (χ0n) is 11.0. The van der Waals surface area contributed by atoms with Gasteiger partial charge in [0, 0.05) is 44.3 Å². The maximum Gasteiger partial charge on any atom is 0.252 e. The van der Waals surface area contributed by atoms with Gasteiger partial charge in [0.1, 0.15) is 5.82 Å². The Kier molecular flexibility index (Phi) is 3.68. The van der Waals surface area contributed by atoms with Crippen molar-refractivity contribution in [1.29, 1.82) is 0 Å². The van der Waals surface area contributed by atoms with Crippen molar-refractivity contribution in [2.45, 2.75) is 19.4 Å². The van der Waals surface area contributed by atoms with Gasteiger partial charge in [0.05, 0.1) is 6.33 Å². The van der Waals surface area contributed by atoms with Crippen LogP contribution in [0.15, 0.2) is 17.2 Å². The van der Waals surface area contributed by atoms with E-state index in [-0.39, 0.29) is 11.1 Å². The number of aromatic amines is 1. The zero-order chi connectivity index (χ0) is 13.2. The maximum atomic E-state index is 11.3. The van der Waals surface area contributed by atoms with Crippen LogP contribution in [0.5, 0.6) is 0 Å². The molecule has 0 aromatic carbocycles. The minimum Gasteiger partial charge on any atom is -0.354 e. The summed E-state index contributed by atoms with van der Waals surface area (Å²) >= 11 is 0. The SMILES string of the molecule is CC(C)(CN)N1CCN(c2cc(=O)[nH]cn2)CC1. The van der Waals surface area contributed by atoms with Crippen LogP contribution in [0.4, 0.5) is 5.82 Å². The first-order valence-corrected chi connectivity index (χ1v) is 6.28. The van der Waals surface area contributed by atoms with E-state index in [9.17, 15) is 4.79 Å². The molecule has 1 aromatic rings. The van der Waals surface area contributed by atoms with E-state index >= 15 is 0 Å². The Morgan fingerprint density at radius 2 is 2.06 bits per heavy atom. The van der Waals surface area contributed by atoms with E-state index in [0.717, 1.165) is 32.0 Å². The van der Waals surface area contributed by atoms with Gasteiger partial charge in [-0.2, -0.15) is 0 Å². The molecule has 0 spiro atoms. The van der Waals surface area contributed by atoms with Crippen LogP contribution < -0.4 is 16.2 Å². The summed E-state index contributed by atoms with van der Waals surface area (Å²) in [6.45, 7) is 8.61. The molecule has 3 N–H and O–H groups in total. The highest BCUT2D eigenvalue weighted by Gasteiger charge is 2.28. The molecule has 1 aromatic heterocycles. The number of rotatable bonds is 3. The monoisotopic (exact) mass is 251 g/mol. The number of nitrogens with two attached hydrogens (primary N) is 1. The molecule has 1 fully saturated rings. The lowest BCUT2D eigenvalue weighted by atomic mass is 10.0. The molecule has 0 unspecified atom stereocenters. The second-order valence-electron chi connectivity index (χ2n) is 5.26. The number of anilines is 1. The Hall–Kier alpha value is -1.40. The van der Waals surface area contributed by atoms with Crippen LogP contribution in [0.2, 0.25) is 0 Å². The molecule has 6 nitrogen and oxygen atoms in total. The second kappa shape index (κ2) is 5.07. The third-order valence-electron chi connectivity index (χ3n) is 3.62. The van der Waals surface area contributed by atoms with E-state index < -0.39 is 0 Å². The molecule has 2 heterocycles. The van der Waals surface area contributed by atoms with Crippen LogP contribution >= 0.6 is 0 Å². The van der Waals surface area contributed by atoms with E-state index in [0.29, 0.717) is 6.54 Å². The minimum absolute atomic E-state index is 0.0354. The van der Waals surface area contributed by atoms with E-state index in [1.807, 2.05) is 0 Å². The van der Waals surface area contributed by atoms with Crippen LogP contribution in [0.25, 0.3) is 0 Å². The molecule has 100 valence electrons. The van der Waals surface area contributed by atoms with Gasteiger partial charge in [-0.15, -0.1) is 0 Å². The van der Waals surface area contributed by atoms with Crippen LogP contribution in [0.3, 0.4) is 0 Å². The van der Waals surface area contributed by atoms with Crippen molar-refractivity contribution in [3.8, 4) is 0 Å². The number of piperazine rings is 1. The summed E-state index contributed by atoms with van der Waals surface area (Å²) in [6.07, 6.45) is 1.45. The summed E-state index contributed by atoms with van der Waals surface area (Å²) in [4.78, 5) is 22.5. The van der Waals surface area contributed by atoms with Gasteiger partial charge in [0.2, 0.25) is 0 Å². The summed E-state index contributed by atoms with van der Waals surface area (Å²) in [5.74, 6) is 0.754. The normalized spacial score (nSPS) is 18.1. The summed E-state index contributed by atoms with van der Waals surface area (Å²) in [5.41, 5.74) is 5.72. The van der Waals surface area contributed by atoms with E-state index in [4.69, 9.17) is 5.73 Å². The Labute approximate surface area is 107 Å². The quantitative estimate of drug-likeness (QED) is 0.766. The first-order chi connectivity index (χ1) is 8.53. The highest BCUT2D eigenvalue weighted by molar-refractivity contribution is 5.37. The second-order valence-corrected chi connectivity index (χ2v) is 5.26. The minimum atomic E-state index is -0.107. The van der Waals surface area contributed by atoms with Gasteiger partial charge < -0.3 is 15.6 Å². The third-order valence-corrected chi connectivity index (χ3v) is 3.62. The van der Waals surface area contributed by atoms with Crippen molar-refractivity contribution in [3.05, 3.63) is 22.7 Å². The lowest BCUT2D eigenvalue weighted by Crippen LogP contribution is -2.57. The molecular formula is C12H21N5O. The van der Waals surface area contributed by atoms with Crippen LogP contribution in [-0.2, 0) is 0 Å². The third kappa shape index (κ3) is 2.70. The molecule has 0 aliphatic carbocycles. The Bertz CT molecular complexity index is 448. The summed E-state index contributed by atoms with van der Waals surface area (Å²) < 4.78 is 0. The Morgan fingerprint density at radius 1 is 1.39 bits per heavy atom. The fourth-order valence-electron chi connectivity index (χ4n) is 2.20. The Balaban J connectivity index is 2.01. The van der Waals surface area contributed by atoms with Gasteiger partial charge in [0.15, 0.2) is 0 Å². The fourth-order valence-corrected chi connectivity index (χ4v) is 2.20. The predicted octanol–water partition coefficient (Wildman–Crippen LogP) is -0.371. The van der Waals surface area contributed by atoms with Crippen LogP contribution in [0, 0.1) is 0 Å². The summed E-state index contributed by atoms with van der Waals surface area (Å²) in [6, 6.07) is 1.55. The number of aromatic nitrogens is 2. The summed E-state index contributed by atoms with van der Waals surface area (Å²) in [5, 5.41) is 0. The molecule has 1 aliphatic heterocycles. The number of hydrogen-bond donors (Lipinski definition) is 2. The van der Waals surface area contributed by atoms with Crippen molar-refractivity contribution < 1.29 is 0 Å². The van der Waals surface area contributed by atoms with Gasteiger partial charge in [-0.05, 0) is 13.8 Å². The smallest absolute Gasteiger partial charge is 0.252 e. The van der Waals surface area contributed by atoms with Gasteiger partial charge in [-0.3, -0.25) is 9.69 Å². The highest BCUT2D eigenvalue weighted by atomic mass is 16.1. The standard InChI is InChI=1S/C12H21N5O/c1-12(2,8-13)17-5-3-16(4-6-17)10-7-11(18)15-9-14-10/h7,9H,3-6,8,13H2,1-2H3,(H,14,15,18). The first kappa shape index (κ1) is 13.0. The van der Waals surface area contributed by atoms with Crippen molar-refractivity contribution in [2.75, 3.05) is 37.6 Å². The van der Waals surface area contributed by atoms with Crippen molar-refractivity contribution in [1.82, 2.24) is 14.9 Å². The fraction of sp³-hybridized carbons (Fsp3) is 0.667. The molecule has 1 saturated heterocycles. The van der Waals surface area contributed by atoms with Crippen LogP contribution in [-0.4, -0.2) is 53.1 Å². The average Bonchev–Trinajstić information content (AvgIpc) is 2.39. The highest BCUT2D eigenvalue weighted by Crippen LogP contribution is 2.17. The lowest BCUT2D eigenvalue weighted by molar-refractivity contribution is 0.119. The molecule has 0 radical (unpaired) electrons. The van der Waals surface area contributed by atoms with Crippen molar-refractivity contribution >= 4 is 5.82 Å². The predicted molar refractivity (Wildman–Crippen MR) is 71.8 cm³/mol. The van der Waals surface area contributed by atoms with E-state index in [1.165, 1.54) is 6.33 Å². The van der Waals surface area contributed by atoms with Gasteiger partial charge in [-0.25, -0.2) is 4.98 Å². The molecule has 6 heteroatoms. The largest absolute Gasteiger partial charge is 0.354 e. The summed E-state index contributed by atoms with van der Waals surface area (Å²) in [7, 11) is 0. The van der Waals surface area contributed by atoms with E-state index in [1.54, 1.807) is 6.07 Å². The van der Waals surface area contributed by atoms with Gasteiger partial charge in [0.25, 0.3) is 5.56 Å². The molecule has 0 amide bonds. The number of nitrogens with zero attached hydrogens (tertiary/aromatic N) is 3. The molecule has 2 rings (SSSR count). The molecule has 1 aliphatic rings. The lowest BCUT2D eigenvalue weighted by Gasteiger charge is -2.43. The zero-order valence-corrected chi connectivity index (χ0v) is 11.0. The van der Waals surface area contributed by atoms with Crippen LogP contribution in [0.1, 0.15) is 13.8 Å². The molecule has 0 saturated carbocycles.